The van der Waals surface area contributed by atoms with Crippen LogP contribution in [0, 0.1) is 12.8 Å². The average Bonchev–Trinajstić information content (AvgIpc) is 2.50. The van der Waals surface area contributed by atoms with Crippen LogP contribution in [-0.4, -0.2) is 11.8 Å². The molecule has 0 saturated heterocycles. The molecule has 2 amide bonds. The van der Waals surface area contributed by atoms with Crippen molar-refractivity contribution < 1.29 is 9.59 Å². The minimum Gasteiger partial charge on any atom is -0.326 e. The van der Waals surface area contributed by atoms with Gasteiger partial charge in [0.05, 0.1) is 0 Å². The van der Waals surface area contributed by atoms with Crippen LogP contribution < -0.4 is 10.6 Å². The maximum absolute atomic E-state index is 12.4. The Morgan fingerprint density at radius 1 is 1.04 bits per heavy atom. The lowest BCUT2D eigenvalue weighted by Gasteiger charge is -2.11. The number of anilines is 2. The zero-order valence-electron chi connectivity index (χ0n) is 13.3. The van der Waals surface area contributed by atoms with Gasteiger partial charge < -0.3 is 10.6 Å². The number of rotatable bonds is 4. The van der Waals surface area contributed by atoms with Gasteiger partial charge in [0.15, 0.2) is 0 Å². The molecule has 2 aromatic carbocycles. The van der Waals surface area contributed by atoms with E-state index in [1.165, 1.54) is 0 Å². The molecule has 4 nitrogen and oxygen atoms in total. The van der Waals surface area contributed by atoms with Crippen molar-refractivity contribution in [1.82, 2.24) is 0 Å². The van der Waals surface area contributed by atoms with E-state index in [1.54, 1.807) is 24.3 Å². The summed E-state index contributed by atoms with van der Waals surface area (Å²) in [6, 6.07) is 12.6. The number of carbonyl (C=O) groups excluding carboxylic acids is 2. The molecule has 0 aliphatic rings. The van der Waals surface area contributed by atoms with Crippen LogP contribution in [0.25, 0.3) is 0 Å². The molecule has 5 heteroatoms. The lowest BCUT2D eigenvalue weighted by Crippen LogP contribution is -2.18. The van der Waals surface area contributed by atoms with Gasteiger partial charge in [0.25, 0.3) is 5.91 Å². The van der Waals surface area contributed by atoms with Gasteiger partial charge in [0.1, 0.15) is 0 Å². The number of hydrogen-bond acceptors (Lipinski definition) is 2. The summed E-state index contributed by atoms with van der Waals surface area (Å²) >= 11 is 3.40. The molecule has 0 radical (unpaired) electrons. The predicted octanol–water partition coefficient (Wildman–Crippen LogP) is 4.60. The second-order valence-electron chi connectivity index (χ2n) is 5.64. The Kier molecular flexibility index (Phi) is 5.55. The summed E-state index contributed by atoms with van der Waals surface area (Å²) in [4.78, 5) is 24.1. The lowest BCUT2D eigenvalue weighted by atomic mass is 10.1. The molecule has 0 aromatic heterocycles. The number of amides is 2. The standard InChI is InChI=1S/C18H19BrN2O2/c1-11(2)17(22)20-15-6-4-5-13(10-15)18(23)21-16-8-7-14(19)9-12(16)3/h4-11H,1-3H3,(H,20,22)(H,21,23). The maximum atomic E-state index is 12.4. The highest BCUT2D eigenvalue weighted by Gasteiger charge is 2.11. The third-order valence-corrected chi connectivity index (χ3v) is 3.85. The van der Waals surface area contributed by atoms with E-state index < -0.39 is 0 Å². The van der Waals surface area contributed by atoms with Crippen molar-refractivity contribution in [2.75, 3.05) is 10.6 Å². The summed E-state index contributed by atoms with van der Waals surface area (Å²) < 4.78 is 0.964. The van der Waals surface area contributed by atoms with Crippen LogP contribution in [0.2, 0.25) is 0 Å². The second-order valence-corrected chi connectivity index (χ2v) is 6.55. The Hall–Kier alpha value is -2.14. The normalized spacial score (nSPS) is 10.5. The third kappa shape index (κ3) is 4.66. The molecule has 0 fully saturated rings. The van der Waals surface area contributed by atoms with E-state index in [0.29, 0.717) is 11.3 Å². The molecular weight excluding hydrogens is 356 g/mol. The summed E-state index contributed by atoms with van der Waals surface area (Å²) in [6.07, 6.45) is 0. The van der Waals surface area contributed by atoms with Crippen molar-refractivity contribution in [2.45, 2.75) is 20.8 Å². The van der Waals surface area contributed by atoms with Gasteiger partial charge in [-0.3, -0.25) is 9.59 Å². The smallest absolute Gasteiger partial charge is 0.255 e. The summed E-state index contributed by atoms with van der Waals surface area (Å²) in [5.41, 5.74) is 2.84. The molecule has 0 heterocycles. The van der Waals surface area contributed by atoms with E-state index in [2.05, 4.69) is 26.6 Å². The quantitative estimate of drug-likeness (QED) is 0.820. The first-order valence-corrected chi connectivity index (χ1v) is 8.14. The fourth-order valence-electron chi connectivity index (χ4n) is 1.99. The van der Waals surface area contributed by atoms with Gasteiger partial charge >= 0.3 is 0 Å². The Morgan fingerprint density at radius 3 is 2.43 bits per heavy atom. The monoisotopic (exact) mass is 374 g/mol. The van der Waals surface area contributed by atoms with Crippen LogP contribution >= 0.6 is 15.9 Å². The summed E-state index contributed by atoms with van der Waals surface area (Å²) in [5.74, 6) is -0.403. The van der Waals surface area contributed by atoms with Gasteiger partial charge in [-0.25, -0.2) is 0 Å². The van der Waals surface area contributed by atoms with E-state index in [4.69, 9.17) is 0 Å². The fourth-order valence-corrected chi connectivity index (χ4v) is 2.46. The number of aryl methyl sites for hydroxylation is 1. The van der Waals surface area contributed by atoms with Crippen LogP contribution in [0.3, 0.4) is 0 Å². The fraction of sp³-hybridized carbons (Fsp3) is 0.222. The van der Waals surface area contributed by atoms with Crippen LogP contribution in [0.4, 0.5) is 11.4 Å². The van der Waals surface area contributed by atoms with Crippen LogP contribution in [0.5, 0.6) is 0 Å². The minimum absolute atomic E-state index is 0.0775. The van der Waals surface area contributed by atoms with E-state index in [0.717, 1.165) is 15.7 Å². The molecule has 120 valence electrons. The lowest BCUT2D eigenvalue weighted by molar-refractivity contribution is -0.118. The van der Waals surface area contributed by atoms with Gasteiger partial charge in [0.2, 0.25) is 5.91 Å². The van der Waals surface area contributed by atoms with E-state index in [9.17, 15) is 9.59 Å². The van der Waals surface area contributed by atoms with Crippen molar-refractivity contribution in [3.8, 4) is 0 Å². The maximum Gasteiger partial charge on any atom is 0.255 e. The Bertz CT molecular complexity index is 742. The van der Waals surface area contributed by atoms with Crippen LogP contribution in [-0.2, 0) is 4.79 Å². The van der Waals surface area contributed by atoms with Gasteiger partial charge in [-0.1, -0.05) is 35.8 Å². The Morgan fingerprint density at radius 2 is 1.78 bits per heavy atom. The van der Waals surface area contributed by atoms with Crippen molar-refractivity contribution in [3.63, 3.8) is 0 Å². The molecule has 0 bridgehead atoms. The average molecular weight is 375 g/mol. The SMILES string of the molecule is Cc1cc(Br)ccc1NC(=O)c1cccc(NC(=O)C(C)C)c1. The Labute approximate surface area is 144 Å². The van der Waals surface area contributed by atoms with E-state index in [-0.39, 0.29) is 17.7 Å². The van der Waals surface area contributed by atoms with E-state index in [1.807, 2.05) is 39.0 Å². The minimum atomic E-state index is -0.212. The van der Waals surface area contributed by atoms with Crippen molar-refractivity contribution in [1.29, 1.82) is 0 Å². The summed E-state index contributed by atoms with van der Waals surface area (Å²) in [5, 5.41) is 5.68. The van der Waals surface area contributed by atoms with Gasteiger partial charge in [-0.05, 0) is 48.9 Å². The number of carbonyl (C=O) groups is 2. The molecular formula is C18H19BrN2O2. The predicted molar refractivity (Wildman–Crippen MR) is 96.7 cm³/mol. The number of halogens is 1. The first-order valence-electron chi connectivity index (χ1n) is 7.35. The molecule has 0 spiro atoms. The largest absolute Gasteiger partial charge is 0.326 e. The van der Waals surface area contributed by atoms with Gasteiger partial charge in [-0.2, -0.15) is 0 Å². The van der Waals surface area contributed by atoms with Crippen molar-refractivity contribution in [2.24, 2.45) is 5.92 Å². The second kappa shape index (κ2) is 7.42. The Balaban J connectivity index is 2.15. The summed E-state index contributed by atoms with van der Waals surface area (Å²) in [6.45, 7) is 5.57. The molecule has 23 heavy (non-hydrogen) atoms. The number of nitrogens with one attached hydrogen (secondary N) is 2. The van der Waals surface area contributed by atoms with Gasteiger partial charge in [0, 0.05) is 27.3 Å². The van der Waals surface area contributed by atoms with Crippen LogP contribution in [0.15, 0.2) is 46.9 Å². The topological polar surface area (TPSA) is 58.2 Å². The number of benzene rings is 2. The zero-order chi connectivity index (χ0) is 17.0. The highest BCUT2D eigenvalue weighted by atomic mass is 79.9. The molecule has 0 unspecified atom stereocenters. The van der Waals surface area contributed by atoms with Gasteiger partial charge in [-0.15, -0.1) is 0 Å². The third-order valence-electron chi connectivity index (χ3n) is 3.35. The first-order chi connectivity index (χ1) is 10.9. The molecule has 0 aliphatic carbocycles. The zero-order valence-corrected chi connectivity index (χ0v) is 14.9. The molecule has 0 atom stereocenters. The highest BCUT2D eigenvalue weighted by Crippen LogP contribution is 2.21. The molecule has 2 rings (SSSR count). The van der Waals surface area contributed by atoms with Crippen molar-refractivity contribution >= 4 is 39.1 Å². The first kappa shape index (κ1) is 17.2. The number of hydrogen-bond donors (Lipinski definition) is 2. The molecule has 2 N–H and O–H groups in total. The molecule has 0 aliphatic heterocycles. The van der Waals surface area contributed by atoms with E-state index >= 15 is 0 Å². The summed E-state index contributed by atoms with van der Waals surface area (Å²) in [7, 11) is 0. The van der Waals surface area contributed by atoms with Crippen molar-refractivity contribution in [3.05, 3.63) is 58.1 Å². The van der Waals surface area contributed by atoms with Crippen LogP contribution in [0.1, 0.15) is 29.8 Å². The molecule has 2 aromatic rings. The highest BCUT2D eigenvalue weighted by molar-refractivity contribution is 9.10. The molecule has 0 saturated carbocycles.